The SMILES string of the molecule is CCn1ccc(CNCCCNS(C)(=O)=O)c1. The fourth-order valence-corrected chi connectivity index (χ4v) is 2.01. The highest BCUT2D eigenvalue weighted by Crippen LogP contribution is 2.00. The van der Waals surface area contributed by atoms with Crippen LogP contribution in [0.15, 0.2) is 18.5 Å². The topological polar surface area (TPSA) is 63.1 Å². The maximum absolute atomic E-state index is 10.8. The van der Waals surface area contributed by atoms with E-state index in [1.807, 2.05) is 0 Å². The molecule has 0 bridgehead atoms. The number of nitrogens with one attached hydrogen (secondary N) is 2. The van der Waals surface area contributed by atoms with Crippen molar-refractivity contribution in [1.29, 1.82) is 0 Å². The van der Waals surface area contributed by atoms with Gasteiger partial charge >= 0.3 is 0 Å². The Morgan fingerprint density at radius 1 is 1.35 bits per heavy atom. The number of rotatable bonds is 8. The van der Waals surface area contributed by atoms with Crippen molar-refractivity contribution in [2.75, 3.05) is 19.3 Å². The first kappa shape index (κ1) is 14.2. The summed E-state index contributed by atoms with van der Waals surface area (Å²) in [5.41, 5.74) is 1.25. The molecule has 0 saturated carbocycles. The van der Waals surface area contributed by atoms with Crippen LogP contribution in [0.1, 0.15) is 18.9 Å². The van der Waals surface area contributed by atoms with Gasteiger partial charge in [0.25, 0.3) is 0 Å². The Labute approximate surface area is 103 Å². The van der Waals surface area contributed by atoms with Crippen LogP contribution in [0.4, 0.5) is 0 Å². The molecule has 17 heavy (non-hydrogen) atoms. The van der Waals surface area contributed by atoms with Gasteiger partial charge in [-0.1, -0.05) is 0 Å². The van der Waals surface area contributed by atoms with E-state index in [0.29, 0.717) is 6.54 Å². The van der Waals surface area contributed by atoms with Crippen LogP contribution in [0.3, 0.4) is 0 Å². The molecule has 0 fully saturated rings. The maximum atomic E-state index is 10.8. The summed E-state index contributed by atoms with van der Waals surface area (Å²) in [5, 5.41) is 3.28. The van der Waals surface area contributed by atoms with Gasteiger partial charge in [-0.25, -0.2) is 13.1 Å². The lowest BCUT2D eigenvalue weighted by Crippen LogP contribution is -2.26. The number of hydrogen-bond donors (Lipinski definition) is 2. The molecule has 1 aromatic heterocycles. The third kappa shape index (κ3) is 6.45. The predicted molar refractivity (Wildman–Crippen MR) is 69.3 cm³/mol. The van der Waals surface area contributed by atoms with Gasteiger partial charge in [0.05, 0.1) is 6.26 Å². The minimum absolute atomic E-state index is 0.488. The Bertz CT molecular complexity index is 426. The highest BCUT2D eigenvalue weighted by Gasteiger charge is 1.99. The van der Waals surface area contributed by atoms with E-state index in [-0.39, 0.29) is 0 Å². The minimum Gasteiger partial charge on any atom is -0.354 e. The molecule has 0 aliphatic carbocycles. The molecule has 0 saturated heterocycles. The van der Waals surface area contributed by atoms with Crippen LogP contribution in [0.5, 0.6) is 0 Å². The van der Waals surface area contributed by atoms with Crippen LogP contribution in [0.25, 0.3) is 0 Å². The zero-order valence-corrected chi connectivity index (χ0v) is 11.3. The smallest absolute Gasteiger partial charge is 0.208 e. The molecule has 1 aromatic rings. The van der Waals surface area contributed by atoms with Gasteiger partial charge in [0.2, 0.25) is 10.0 Å². The van der Waals surface area contributed by atoms with Crippen molar-refractivity contribution >= 4 is 10.0 Å². The van der Waals surface area contributed by atoms with Crippen LogP contribution >= 0.6 is 0 Å². The quantitative estimate of drug-likeness (QED) is 0.670. The average Bonchev–Trinajstić information content (AvgIpc) is 2.69. The van der Waals surface area contributed by atoms with Gasteiger partial charge in [0, 0.05) is 32.0 Å². The number of hydrogen-bond acceptors (Lipinski definition) is 3. The number of sulfonamides is 1. The average molecular weight is 259 g/mol. The third-order valence-corrected chi connectivity index (χ3v) is 3.13. The molecule has 1 heterocycles. The summed E-state index contributed by atoms with van der Waals surface area (Å²) in [6.45, 7) is 5.21. The standard InChI is InChI=1S/C11H21N3O2S/c1-3-14-8-5-11(10-14)9-12-6-4-7-13-17(2,15)16/h5,8,10,12-13H,3-4,6-7,9H2,1-2H3. The first-order chi connectivity index (χ1) is 8.01. The van der Waals surface area contributed by atoms with Gasteiger partial charge in [-0.3, -0.25) is 0 Å². The minimum atomic E-state index is -3.04. The van der Waals surface area contributed by atoms with Crippen LogP contribution < -0.4 is 10.0 Å². The second kappa shape index (κ2) is 6.78. The molecule has 0 aliphatic rings. The Morgan fingerprint density at radius 3 is 2.71 bits per heavy atom. The highest BCUT2D eigenvalue weighted by molar-refractivity contribution is 7.88. The first-order valence-electron chi connectivity index (χ1n) is 5.81. The van der Waals surface area contributed by atoms with E-state index in [0.717, 1.165) is 26.1 Å². The van der Waals surface area contributed by atoms with Crippen molar-refractivity contribution in [1.82, 2.24) is 14.6 Å². The molecule has 0 aromatic carbocycles. The highest BCUT2D eigenvalue weighted by atomic mass is 32.2. The Morgan fingerprint density at radius 2 is 2.12 bits per heavy atom. The molecule has 1 rings (SSSR count). The van der Waals surface area contributed by atoms with E-state index in [1.54, 1.807) is 0 Å². The van der Waals surface area contributed by atoms with Crippen molar-refractivity contribution < 1.29 is 8.42 Å². The normalized spacial score (nSPS) is 11.9. The summed E-state index contributed by atoms with van der Waals surface area (Å²) < 4.78 is 26.2. The third-order valence-electron chi connectivity index (χ3n) is 2.40. The fourth-order valence-electron chi connectivity index (χ4n) is 1.50. The Balaban J connectivity index is 2.08. The lowest BCUT2D eigenvalue weighted by atomic mass is 10.3. The lowest BCUT2D eigenvalue weighted by molar-refractivity contribution is 0.579. The van der Waals surface area contributed by atoms with E-state index in [4.69, 9.17) is 0 Å². The second-order valence-electron chi connectivity index (χ2n) is 4.05. The molecule has 0 spiro atoms. The summed E-state index contributed by atoms with van der Waals surface area (Å²) in [6.07, 6.45) is 6.14. The number of aryl methyl sites for hydroxylation is 1. The van der Waals surface area contributed by atoms with E-state index >= 15 is 0 Å². The summed E-state index contributed by atoms with van der Waals surface area (Å²) in [7, 11) is -3.04. The van der Waals surface area contributed by atoms with E-state index in [9.17, 15) is 8.42 Å². The van der Waals surface area contributed by atoms with Gasteiger partial charge in [-0.05, 0) is 31.5 Å². The molecule has 0 atom stereocenters. The fraction of sp³-hybridized carbons (Fsp3) is 0.636. The van der Waals surface area contributed by atoms with E-state index in [2.05, 4.69) is 40.0 Å². The largest absolute Gasteiger partial charge is 0.354 e. The molecular formula is C11H21N3O2S. The first-order valence-corrected chi connectivity index (χ1v) is 7.70. The summed E-state index contributed by atoms with van der Waals surface area (Å²) in [6, 6.07) is 2.09. The van der Waals surface area contributed by atoms with Crippen molar-refractivity contribution in [3.05, 3.63) is 24.0 Å². The van der Waals surface area contributed by atoms with E-state index < -0.39 is 10.0 Å². The molecule has 5 nitrogen and oxygen atoms in total. The van der Waals surface area contributed by atoms with Crippen molar-refractivity contribution in [3.8, 4) is 0 Å². The van der Waals surface area contributed by atoms with Crippen molar-refractivity contribution in [3.63, 3.8) is 0 Å². The Hall–Kier alpha value is -0.850. The van der Waals surface area contributed by atoms with Gasteiger partial charge < -0.3 is 9.88 Å². The van der Waals surface area contributed by atoms with Crippen LogP contribution in [-0.4, -0.2) is 32.3 Å². The zero-order chi connectivity index (χ0) is 12.7. The van der Waals surface area contributed by atoms with Gasteiger partial charge in [0.1, 0.15) is 0 Å². The number of aromatic nitrogens is 1. The number of nitrogens with zero attached hydrogens (tertiary/aromatic N) is 1. The summed E-state index contributed by atoms with van der Waals surface area (Å²) in [5.74, 6) is 0. The van der Waals surface area contributed by atoms with Crippen LogP contribution in [0, 0.1) is 0 Å². The summed E-state index contributed by atoms with van der Waals surface area (Å²) >= 11 is 0. The van der Waals surface area contributed by atoms with Crippen LogP contribution in [-0.2, 0) is 23.1 Å². The Kier molecular flexibility index (Phi) is 5.67. The van der Waals surface area contributed by atoms with Gasteiger partial charge in [0.15, 0.2) is 0 Å². The van der Waals surface area contributed by atoms with Gasteiger partial charge in [-0.15, -0.1) is 0 Å². The molecule has 0 radical (unpaired) electrons. The maximum Gasteiger partial charge on any atom is 0.208 e. The zero-order valence-electron chi connectivity index (χ0n) is 10.4. The van der Waals surface area contributed by atoms with Crippen molar-refractivity contribution in [2.45, 2.75) is 26.4 Å². The van der Waals surface area contributed by atoms with Crippen molar-refractivity contribution in [2.24, 2.45) is 0 Å². The molecular weight excluding hydrogens is 238 g/mol. The molecule has 0 aliphatic heterocycles. The molecule has 0 amide bonds. The predicted octanol–water partition coefficient (Wildman–Crippen LogP) is 0.537. The second-order valence-corrected chi connectivity index (χ2v) is 5.88. The lowest BCUT2D eigenvalue weighted by Gasteiger charge is -2.04. The molecule has 2 N–H and O–H groups in total. The molecule has 0 unspecified atom stereocenters. The monoisotopic (exact) mass is 259 g/mol. The van der Waals surface area contributed by atoms with Gasteiger partial charge in [-0.2, -0.15) is 0 Å². The molecule has 6 heteroatoms. The molecule has 98 valence electrons. The van der Waals surface area contributed by atoms with Crippen LogP contribution in [0.2, 0.25) is 0 Å². The summed E-state index contributed by atoms with van der Waals surface area (Å²) in [4.78, 5) is 0. The van der Waals surface area contributed by atoms with E-state index in [1.165, 1.54) is 11.8 Å².